The van der Waals surface area contributed by atoms with Gasteiger partial charge in [0.1, 0.15) is 0 Å². The van der Waals surface area contributed by atoms with Crippen LogP contribution in [0, 0.1) is 0 Å². The van der Waals surface area contributed by atoms with Crippen molar-refractivity contribution in [1.82, 2.24) is 5.43 Å². The first-order chi connectivity index (χ1) is 7.99. The molecule has 1 aromatic rings. The molecule has 3 N–H and O–H groups in total. The highest BCUT2D eigenvalue weighted by Crippen LogP contribution is 2.31. The third kappa shape index (κ3) is 4.02. The molecule has 0 bridgehead atoms. The molecule has 0 amide bonds. The number of halogens is 3. The quantitative estimate of drug-likeness (QED) is 0.617. The van der Waals surface area contributed by atoms with Crippen LogP contribution < -0.4 is 11.3 Å². The van der Waals surface area contributed by atoms with Crippen LogP contribution in [0.3, 0.4) is 0 Å². The van der Waals surface area contributed by atoms with E-state index in [1.54, 1.807) is 6.07 Å². The minimum Gasteiger partial charge on any atom is -0.271 e. The molecule has 0 saturated heterocycles. The molecule has 0 aliphatic carbocycles. The van der Waals surface area contributed by atoms with Gasteiger partial charge in [-0.2, -0.15) is 13.2 Å². The summed E-state index contributed by atoms with van der Waals surface area (Å²) in [6, 6.07) is 5.07. The second-order valence-corrected chi connectivity index (χ2v) is 3.98. The number of alkyl halides is 3. The highest BCUT2D eigenvalue weighted by molar-refractivity contribution is 5.27. The second-order valence-electron chi connectivity index (χ2n) is 3.98. The molecule has 1 atom stereocenters. The van der Waals surface area contributed by atoms with E-state index < -0.39 is 11.7 Å². The third-order valence-electron chi connectivity index (χ3n) is 2.66. The Morgan fingerprint density at radius 3 is 2.59 bits per heavy atom. The average molecular weight is 246 g/mol. The van der Waals surface area contributed by atoms with Crippen molar-refractivity contribution in [3.63, 3.8) is 0 Å². The van der Waals surface area contributed by atoms with E-state index in [1.165, 1.54) is 6.07 Å². The first kappa shape index (κ1) is 14.0. The van der Waals surface area contributed by atoms with E-state index in [2.05, 4.69) is 5.43 Å². The number of hydrazine groups is 1. The predicted molar refractivity (Wildman–Crippen MR) is 61.0 cm³/mol. The fourth-order valence-corrected chi connectivity index (χ4v) is 1.69. The van der Waals surface area contributed by atoms with Gasteiger partial charge in [0.05, 0.1) is 5.56 Å². The van der Waals surface area contributed by atoms with E-state index in [0.29, 0.717) is 5.56 Å². The van der Waals surface area contributed by atoms with Gasteiger partial charge in [-0.25, -0.2) is 0 Å². The van der Waals surface area contributed by atoms with E-state index in [0.717, 1.165) is 31.4 Å². The summed E-state index contributed by atoms with van der Waals surface area (Å²) in [5.74, 6) is 5.37. The summed E-state index contributed by atoms with van der Waals surface area (Å²) in [5, 5.41) is 0. The van der Waals surface area contributed by atoms with Gasteiger partial charge in [0.2, 0.25) is 0 Å². The standard InChI is InChI=1S/C12H17F3N2/c1-2-3-7-11(17-16)9-5-4-6-10(8-9)12(13,14)15/h4-6,8,11,17H,2-3,7,16H2,1H3. The number of benzene rings is 1. The number of rotatable bonds is 5. The van der Waals surface area contributed by atoms with Gasteiger partial charge >= 0.3 is 6.18 Å². The number of hydrogen-bond donors (Lipinski definition) is 2. The molecule has 96 valence electrons. The zero-order valence-corrected chi connectivity index (χ0v) is 9.72. The Hall–Kier alpha value is -1.07. The van der Waals surface area contributed by atoms with Crippen LogP contribution in [0.25, 0.3) is 0 Å². The van der Waals surface area contributed by atoms with E-state index in [9.17, 15) is 13.2 Å². The van der Waals surface area contributed by atoms with Crippen molar-refractivity contribution >= 4 is 0 Å². The third-order valence-corrected chi connectivity index (χ3v) is 2.66. The van der Waals surface area contributed by atoms with Crippen molar-refractivity contribution in [2.45, 2.75) is 38.4 Å². The Morgan fingerprint density at radius 1 is 1.35 bits per heavy atom. The van der Waals surface area contributed by atoms with Crippen LogP contribution >= 0.6 is 0 Å². The summed E-state index contributed by atoms with van der Waals surface area (Å²) in [6.45, 7) is 2.03. The highest BCUT2D eigenvalue weighted by atomic mass is 19.4. The Labute approximate surface area is 99.0 Å². The lowest BCUT2D eigenvalue weighted by Gasteiger charge is -2.17. The Kier molecular flexibility index (Phi) is 4.96. The van der Waals surface area contributed by atoms with Gasteiger partial charge in [-0.1, -0.05) is 31.9 Å². The van der Waals surface area contributed by atoms with Crippen molar-refractivity contribution in [3.05, 3.63) is 35.4 Å². The summed E-state index contributed by atoms with van der Waals surface area (Å²) >= 11 is 0. The lowest BCUT2D eigenvalue weighted by molar-refractivity contribution is -0.137. The summed E-state index contributed by atoms with van der Waals surface area (Å²) in [4.78, 5) is 0. The van der Waals surface area contributed by atoms with Crippen molar-refractivity contribution < 1.29 is 13.2 Å². The lowest BCUT2D eigenvalue weighted by atomic mass is 9.99. The molecule has 1 rings (SSSR count). The Balaban J connectivity index is 2.89. The monoisotopic (exact) mass is 246 g/mol. The van der Waals surface area contributed by atoms with E-state index >= 15 is 0 Å². The smallest absolute Gasteiger partial charge is 0.271 e. The molecule has 0 fully saturated rings. The van der Waals surface area contributed by atoms with Gasteiger partial charge in [0.25, 0.3) is 0 Å². The van der Waals surface area contributed by atoms with Crippen molar-refractivity contribution in [3.8, 4) is 0 Å². The first-order valence-corrected chi connectivity index (χ1v) is 5.62. The normalized spacial score (nSPS) is 13.7. The maximum absolute atomic E-state index is 12.5. The van der Waals surface area contributed by atoms with Crippen LogP contribution in [0.4, 0.5) is 13.2 Å². The summed E-state index contributed by atoms with van der Waals surface area (Å²) in [7, 11) is 0. The van der Waals surface area contributed by atoms with Gasteiger partial charge < -0.3 is 0 Å². The summed E-state index contributed by atoms with van der Waals surface area (Å²) in [5.41, 5.74) is 2.51. The molecule has 0 radical (unpaired) electrons. The molecule has 0 aliphatic heterocycles. The fourth-order valence-electron chi connectivity index (χ4n) is 1.69. The average Bonchev–Trinajstić information content (AvgIpc) is 2.29. The van der Waals surface area contributed by atoms with Gasteiger partial charge in [0, 0.05) is 6.04 Å². The second kappa shape index (κ2) is 6.02. The number of nitrogens with one attached hydrogen (secondary N) is 1. The largest absolute Gasteiger partial charge is 0.416 e. The van der Waals surface area contributed by atoms with Crippen molar-refractivity contribution in [1.29, 1.82) is 0 Å². The zero-order chi connectivity index (χ0) is 12.9. The zero-order valence-electron chi connectivity index (χ0n) is 9.72. The number of unbranched alkanes of at least 4 members (excludes halogenated alkanes) is 1. The van der Waals surface area contributed by atoms with Crippen LogP contribution in [0.1, 0.15) is 43.4 Å². The highest BCUT2D eigenvalue weighted by Gasteiger charge is 2.30. The topological polar surface area (TPSA) is 38.0 Å². The Bertz CT molecular complexity index is 350. The maximum Gasteiger partial charge on any atom is 0.416 e. The predicted octanol–water partition coefficient (Wildman–Crippen LogP) is 3.40. The minimum absolute atomic E-state index is 0.225. The minimum atomic E-state index is -4.31. The molecule has 0 aromatic heterocycles. The summed E-state index contributed by atoms with van der Waals surface area (Å²) < 4.78 is 37.6. The molecule has 0 aliphatic rings. The fraction of sp³-hybridized carbons (Fsp3) is 0.500. The van der Waals surface area contributed by atoms with E-state index in [1.807, 2.05) is 6.92 Å². The molecule has 1 unspecified atom stereocenters. The van der Waals surface area contributed by atoms with Crippen LogP contribution in [0.2, 0.25) is 0 Å². The van der Waals surface area contributed by atoms with Gasteiger partial charge in [-0.15, -0.1) is 0 Å². The molecule has 0 spiro atoms. The van der Waals surface area contributed by atoms with Gasteiger partial charge in [0.15, 0.2) is 0 Å². The Morgan fingerprint density at radius 2 is 2.06 bits per heavy atom. The van der Waals surface area contributed by atoms with Crippen molar-refractivity contribution in [2.24, 2.45) is 5.84 Å². The van der Waals surface area contributed by atoms with Gasteiger partial charge in [-0.3, -0.25) is 11.3 Å². The van der Waals surface area contributed by atoms with Crippen LogP contribution in [-0.2, 0) is 6.18 Å². The number of hydrogen-bond acceptors (Lipinski definition) is 2. The molecule has 5 heteroatoms. The van der Waals surface area contributed by atoms with Crippen molar-refractivity contribution in [2.75, 3.05) is 0 Å². The van der Waals surface area contributed by atoms with Gasteiger partial charge in [-0.05, 0) is 24.1 Å². The van der Waals surface area contributed by atoms with E-state index in [4.69, 9.17) is 5.84 Å². The molecular weight excluding hydrogens is 229 g/mol. The molecule has 1 aromatic carbocycles. The van der Waals surface area contributed by atoms with Crippen LogP contribution in [0.5, 0.6) is 0 Å². The van der Waals surface area contributed by atoms with E-state index in [-0.39, 0.29) is 6.04 Å². The first-order valence-electron chi connectivity index (χ1n) is 5.62. The SMILES string of the molecule is CCCCC(NN)c1cccc(C(F)(F)F)c1. The molecule has 0 saturated carbocycles. The van der Waals surface area contributed by atoms with Crippen LogP contribution in [0.15, 0.2) is 24.3 Å². The molecule has 0 heterocycles. The number of nitrogens with two attached hydrogens (primary N) is 1. The molecule has 17 heavy (non-hydrogen) atoms. The lowest BCUT2D eigenvalue weighted by Crippen LogP contribution is -2.28. The molecule has 2 nitrogen and oxygen atoms in total. The molecular formula is C12H17F3N2. The maximum atomic E-state index is 12.5. The van der Waals surface area contributed by atoms with Crippen LogP contribution in [-0.4, -0.2) is 0 Å². The summed E-state index contributed by atoms with van der Waals surface area (Å²) in [6.07, 6.45) is -1.67.